The fourth-order valence-corrected chi connectivity index (χ4v) is 2.69. The molecule has 0 aliphatic rings. The van der Waals surface area contributed by atoms with Crippen LogP contribution in [0.5, 0.6) is 5.75 Å². The molecule has 2 atom stereocenters. The Morgan fingerprint density at radius 2 is 2.29 bits per heavy atom. The maximum Gasteiger partial charge on any atom is 0.148 e. The summed E-state index contributed by atoms with van der Waals surface area (Å²) in [6, 6.07) is 5.84. The molecule has 0 amide bonds. The van der Waals surface area contributed by atoms with E-state index in [2.05, 4.69) is 20.9 Å². The van der Waals surface area contributed by atoms with Crippen molar-refractivity contribution in [1.29, 1.82) is 0 Å². The summed E-state index contributed by atoms with van der Waals surface area (Å²) < 4.78 is 6.79. The molecule has 2 aromatic rings. The van der Waals surface area contributed by atoms with Crippen molar-refractivity contribution in [2.45, 2.75) is 19.1 Å². The first-order valence-corrected chi connectivity index (χ1v) is 6.90. The molecule has 0 aliphatic heterocycles. The summed E-state index contributed by atoms with van der Waals surface area (Å²) in [5.41, 5.74) is 5.96. The number of pyridine rings is 1. The highest BCUT2D eigenvalue weighted by Gasteiger charge is 2.19. The molecule has 0 fully saturated rings. The van der Waals surface area contributed by atoms with E-state index in [0.29, 0.717) is 0 Å². The maximum absolute atomic E-state index is 5.96. The van der Waals surface area contributed by atoms with Crippen LogP contribution < -0.4 is 10.5 Å². The Morgan fingerprint density at radius 3 is 2.88 bits per heavy atom. The summed E-state index contributed by atoms with van der Waals surface area (Å²) in [5, 5.41) is 2.02. The first-order valence-electron chi connectivity index (χ1n) is 5.23. The summed E-state index contributed by atoms with van der Waals surface area (Å²) in [5.74, 6) is 0.718. The summed E-state index contributed by atoms with van der Waals surface area (Å²) in [7, 11) is 0. The Bertz CT molecular complexity index is 473. The van der Waals surface area contributed by atoms with Gasteiger partial charge >= 0.3 is 0 Å². The number of thiophene rings is 1. The van der Waals surface area contributed by atoms with Crippen LogP contribution in [0.3, 0.4) is 0 Å². The van der Waals surface area contributed by atoms with Gasteiger partial charge in [-0.2, -0.15) is 0 Å². The predicted octanol–water partition coefficient (Wildman–Crippen LogP) is 3.37. The second-order valence-corrected chi connectivity index (χ2v) is 5.65. The average Bonchev–Trinajstić information content (AvgIpc) is 2.78. The van der Waals surface area contributed by atoms with E-state index in [1.165, 1.54) is 0 Å². The van der Waals surface area contributed by atoms with E-state index in [1.54, 1.807) is 23.7 Å². The molecule has 0 saturated carbocycles. The number of hydrogen-bond acceptors (Lipinski definition) is 4. The minimum absolute atomic E-state index is 0.0763. The lowest BCUT2D eigenvalue weighted by Crippen LogP contribution is -2.28. The third-order valence-electron chi connectivity index (χ3n) is 2.24. The van der Waals surface area contributed by atoms with Gasteiger partial charge in [-0.15, -0.1) is 11.3 Å². The van der Waals surface area contributed by atoms with E-state index >= 15 is 0 Å². The second kappa shape index (κ2) is 5.62. The highest BCUT2D eigenvalue weighted by molar-refractivity contribution is 9.10. The quantitative estimate of drug-likeness (QED) is 0.941. The third-order valence-corrected chi connectivity index (χ3v) is 3.61. The highest BCUT2D eigenvalue weighted by atomic mass is 79.9. The molecule has 0 aliphatic carbocycles. The monoisotopic (exact) mass is 312 g/mol. The molecular formula is C12H13BrN2OS. The highest BCUT2D eigenvalue weighted by Crippen LogP contribution is 2.28. The van der Waals surface area contributed by atoms with Crippen LogP contribution in [0.2, 0.25) is 0 Å². The molecule has 2 aromatic heterocycles. The minimum atomic E-state index is -0.133. The van der Waals surface area contributed by atoms with E-state index in [9.17, 15) is 0 Å². The predicted molar refractivity (Wildman–Crippen MR) is 73.3 cm³/mol. The summed E-state index contributed by atoms with van der Waals surface area (Å²) in [6.07, 6.45) is 3.28. The minimum Gasteiger partial charge on any atom is -0.482 e. The summed E-state index contributed by atoms with van der Waals surface area (Å²) in [6.45, 7) is 1.94. The molecule has 90 valence electrons. The van der Waals surface area contributed by atoms with E-state index in [-0.39, 0.29) is 12.1 Å². The Morgan fingerprint density at radius 1 is 1.47 bits per heavy atom. The van der Waals surface area contributed by atoms with Crippen molar-refractivity contribution in [3.63, 3.8) is 0 Å². The Balaban J connectivity index is 2.19. The van der Waals surface area contributed by atoms with Crippen molar-refractivity contribution in [2.75, 3.05) is 0 Å². The third kappa shape index (κ3) is 3.28. The summed E-state index contributed by atoms with van der Waals surface area (Å²) in [4.78, 5) is 5.19. The molecule has 2 N–H and O–H groups in total. The van der Waals surface area contributed by atoms with Crippen LogP contribution in [0.15, 0.2) is 40.4 Å². The molecule has 0 radical (unpaired) electrons. The number of ether oxygens (including phenoxy) is 1. The maximum atomic E-state index is 5.96. The smallest absolute Gasteiger partial charge is 0.148 e. The van der Waals surface area contributed by atoms with Gasteiger partial charge in [-0.25, -0.2) is 0 Å². The van der Waals surface area contributed by atoms with Crippen molar-refractivity contribution in [3.8, 4) is 5.75 Å². The molecule has 5 heteroatoms. The zero-order valence-corrected chi connectivity index (χ0v) is 11.7. The number of nitrogens with two attached hydrogens (primary N) is 1. The average molecular weight is 313 g/mol. The first-order chi connectivity index (χ1) is 8.16. The Kier molecular flexibility index (Phi) is 4.15. The van der Waals surface area contributed by atoms with E-state index in [0.717, 1.165) is 15.1 Å². The van der Waals surface area contributed by atoms with Gasteiger partial charge in [-0.3, -0.25) is 4.98 Å². The number of hydrogen-bond donors (Lipinski definition) is 1. The molecule has 0 saturated heterocycles. The fourth-order valence-electron chi connectivity index (χ4n) is 1.48. The van der Waals surface area contributed by atoms with Crippen molar-refractivity contribution in [3.05, 3.63) is 45.3 Å². The molecule has 3 nitrogen and oxygen atoms in total. The standard InChI is InChI=1S/C12H13BrN2OS/c1-8(14)12(11-3-2-4-17-11)16-10-5-9(13)6-15-7-10/h2-8,12H,14H2,1H3. The van der Waals surface area contributed by atoms with Crippen LogP contribution in [0.25, 0.3) is 0 Å². The van der Waals surface area contributed by atoms with Crippen LogP contribution in [0.1, 0.15) is 17.9 Å². The van der Waals surface area contributed by atoms with Gasteiger partial charge in [0.2, 0.25) is 0 Å². The molecule has 0 aromatic carbocycles. The SMILES string of the molecule is CC(N)C(Oc1cncc(Br)c1)c1cccs1. The lowest BCUT2D eigenvalue weighted by atomic mass is 10.1. The van der Waals surface area contributed by atoms with Crippen LogP contribution in [-0.4, -0.2) is 11.0 Å². The van der Waals surface area contributed by atoms with Gasteiger partial charge in [0, 0.05) is 21.6 Å². The lowest BCUT2D eigenvalue weighted by molar-refractivity contribution is 0.183. The molecule has 17 heavy (non-hydrogen) atoms. The van der Waals surface area contributed by atoms with Gasteiger partial charge in [0.05, 0.1) is 6.20 Å². The zero-order valence-electron chi connectivity index (χ0n) is 9.34. The topological polar surface area (TPSA) is 48.1 Å². The van der Waals surface area contributed by atoms with Crippen molar-refractivity contribution in [2.24, 2.45) is 5.73 Å². The van der Waals surface area contributed by atoms with Crippen LogP contribution in [0, 0.1) is 0 Å². The molecule has 2 rings (SSSR count). The van der Waals surface area contributed by atoms with Gasteiger partial charge in [0.25, 0.3) is 0 Å². The fraction of sp³-hybridized carbons (Fsp3) is 0.250. The number of rotatable bonds is 4. The molecule has 2 heterocycles. The van der Waals surface area contributed by atoms with E-state index in [4.69, 9.17) is 10.5 Å². The number of halogens is 1. The lowest BCUT2D eigenvalue weighted by Gasteiger charge is -2.21. The Labute approximate surface area is 113 Å². The summed E-state index contributed by atoms with van der Waals surface area (Å²) >= 11 is 5.01. The zero-order chi connectivity index (χ0) is 12.3. The van der Waals surface area contributed by atoms with Crippen LogP contribution >= 0.6 is 27.3 Å². The van der Waals surface area contributed by atoms with Gasteiger partial charge in [0.1, 0.15) is 11.9 Å². The number of aromatic nitrogens is 1. The Hall–Kier alpha value is -0.910. The normalized spacial score (nSPS) is 14.3. The first kappa shape index (κ1) is 12.5. The molecule has 0 bridgehead atoms. The van der Waals surface area contributed by atoms with Gasteiger partial charge < -0.3 is 10.5 Å². The van der Waals surface area contributed by atoms with Crippen LogP contribution in [0.4, 0.5) is 0 Å². The molecule has 2 unspecified atom stereocenters. The molecular weight excluding hydrogens is 300 g/mol. The van der Waals surface area contributed by atoms with Crippen LogP contribution in [-0.2, 0) is 0 Å². The van der Waals surface area contributed by atoms with Gasteiger partial charge in [0.15, 0.2) is 0 Å². The van der Waals surface area contributed by atoms with Crippen molar-refractivity contribution >= 4 is 27.3 Å². The van der Waals surface area contributed by atoms with Gasteiger partial charge in [-0.1, -0.05) is 6.07 Å². The van der Waals surface area contributed by atoms with E-state index < -0.39 is 0 Å². The van der Waals surface area contributed by atoms with Crippen molar-refractivity contribution < 1.29 is 4.74 Å². The largest absolute Gasteiger partial charge is 0.482 e. The van der Waals surface area contributed by atoms with Crippen molar-refractivity contribution in [1.82, 2.24) is 4.98 Å². The van der Waals surface area contributed by atoms with Gasteiger partial charge in [-0.05, 0) is 40.4 Å². The number of nitrogens with zero attached hydrogens (tertiary/aromatic N) is 1. The second-order valence-electron chi connectivity index (χ2n) is 3.75. The molecule has 0 spiro atoms. The van der Waals surface area contributed by atoms with E-state index in [1.807, 2.05) is 30.5 Å².